The molecule has 1 aliphatic heterocycles. The van der Waals surface area contributed by atoms with Crippen molar-refractivity contribution in [3.8, 4) is 17.0 Å². The van der Waals surface area contributed by atoms with Gasteiger partial charge in [0.1, 0.15) is 17.9 Å². The average Bonchev–Trinajstić information content (AvgIpc) is 2.68. The number of ether oxygens (including phenoxy) is 1. The van der Waals surface area contributed by atoms with Gasteiger partial charge in [-0.1, -0.05) is 12.1 Å². The summed E-state index contributed by atoms with van der Waals surface area (Å²) in [5, 5.41) is 2.94. The number of anilines is 1. The Balaban J connectivity index is 1.69. The average molecular weight is 355 g/mol. The number of benzene rings is 1. The summed E-state index contributed by atoms with van der Waals surface area (Å²) in [6.07, 6.45) is 1.59. The second-order valence-electron chi connectivity index (χ2n) is 6.57. The molecule has 0 spiro atoms. The second kappa shape index (κ2) is 8.03. The zero-order chi connectivity index (χ0) is 18.5. The van der Waals surface area contributed by atoms with E-state index in [1.807, 2.05) is 49.1 Å². The van der Waals surface area contributed by atoms with Gasteiger partial charge >= 0.3 is 6.03 Å². The highest BCUT2D eigenvalue weighted by Crippen LogP contribution is 2.24. The van der Waals surface area contributed by atoms with Crippen molar-refractivity contribution in [2.24, 2.45) is 0 Å². The number of carbonyl (C=O) groups excluding carboxylic acids is 1. The summed E-state index contributed by atoms with van der Waals surface area (Å²) in [7, 11) is 1.65. The van der Waals surface area contributed by atoms with Crippen LogP contribution in [0.15, 0.2) is 36.7 Å². The van der Waals surface area contributed by atoms with Crippen LogP contribution in [0.4, 0.5) is 10.6 Å². The fourth-order valence-corrected chi connectivity index (χ4v) is 2.94. The number of rotatable bonds is 4. The van der Waals surface area contributed by atoms with Gasteiger partial charge in [0.15, 0.2) is 0 Å². The number of nitrogens with one attached hydrogen (secondary N) is 1. The van der Waals surface area contributed by atoms with E-state index in [1.54, 1.807) is 13.4 Å². The van der Waals surface area contributed by atoms with Crippen molar-refractivity contribution in [3.63, 3.8) is 0 Å². The molecule has 7 heteroatoms. The van der Waals surface area contributed by atoms with Crippen molar-refractivity contribution in [1.82, 2.24) is 20.2 Å². The number of hydrogen-bond donors (Lipinski definition) is 1. The van der Waals surface area contributed by atoms with Crippen LogP contribution >= 0.6 is 0 Å². The first-order valence-electron chi connectivity index (χ1n) is 8.83. The fourth-order valence-electron chi connectivity index (χ4n) is 2.94. The maximum atomic E-state index is 12.1. The molecular weight excluding hydrogens is 330 g/mol. The summed E-state index contributed by atoms with van der Waals surface area (Å²) in [4.78, 5) is 24.9. The van der Waals surface area contributed by atoms with E-state index < -0.39 is 0 Å². The van der Waals surface area contributed by atoms with Gasteiger partial charge in [0.25, 0.3) is 0 Å². The molecule has 138 valence electrons. The molecule has 0 aliphatic carbocycles. The minimum atomic E-state index is -0.000549. The third kappa shape index (κ3) is 4.22. The third-order valence-electron chi connectivity index (χ3n) is 4.32. The van der Waals surface area contributed by atoms with Crippen molar-refractivity contribution in [2.45, 2.75) is 19.9 Å². The lowest BCUT2D eigenvalue weighted by molar-refractivity contribution is 0.191. The van der Waals surface area contributed by atoms with Crippen molar-refractivity contribution in [2.75, 3.05) is 38.2 Å². The Bertz CT molecular complexity index is 757. The first kappa shape index (κ1) is 18.0. The fraction of sp³-hybridized carbons (Fsp3) is 0.421. The number of methoxy groups -OCH3 is 1. The van der Waals surface area contributed by atoms with E-state index in [4.69, 9.17) is 4.74 Å². The van der Waals surface area contributed by atoms with E-state index in [0.717, 1.165) is 35.9 Å². The molecule has 1 N–H and O–H groups in total. The summed E-state index contributed by atoms with van der Waals surface area (Å²) < 4.78 is 5.29. The largest absolute Gasteiger partial charge is 0.497 e. The summed E-state index contributed by atoms with van der Waals surface area (Å²) in [6.45, 7) is 6.79. The predicted molar refractivity (Wildman–Crippen MR) is 101 cm³/mol. The first-order chi connectivity index (χ1) is 12.6. The number of carbonyl (C=O) groups is 1. The molecule has 2 amide bonds. The van der Waals surface area contributed by atoms with Crippen molar-refractivity contribution in [3.05, 3.63) is 36.7 Å². The van der Waals surface area contributed by atoms with E-state index in [-0.39, 0.29) is 12.1 Å². The Morgan fingerprint density at radius 2 is 1.92 bits per heavy atom. The van der Waals surface area contributed by atoms with Gasteiger partial charge in [-0.3, -0.25) is 0 Å². The summed E-state index contributed by atoms with van der Waals surface area (Å²) in [5.41, 5.74) is 1.84. The summed E-state index contributed by atoms with van der Waals surface area (Å²) in [6, 6.07) is 9.95. The Labute approximate surface area is 154 Å². The second-order valence-corrected chi connectivity index (χ2v) is 6.57. The molecule has 3 rings (SSSR count). The Morgan fingerprint density at radius 3 is 2.62 bits per heavy atom. The predicted octanol–water partition coefficient (Wildman–Crippen LogP) is 2.39. The standard InChI is InChI=1S/C19H25N5O2/c1-14(2)22-19(25)24-9-7-23(8-10-24)18-12-17(20-13-21-18)15-5-4-6-16(11-15)26-3/h4-6,11-14H,7-10H2,1-3H3,(H,22,25). The molecule has 1 aromatic heterocycles. The van der Waals surface area contributed by atoms with Gasteiger partial charge in [-0.2, -0.15) is 0 Å². The maximum absolute atomic E-state index is 12.1. The molecule has 1 fully saturated rings. The zero-order valence-electron chi connectivity index (χ0n) is 15.5. The normalized spacial score (nSPS) is 14.5. The smallest absolute Gasteiger partial charge is 0.317 e. The molecule has 0 unspecified atom stereocenters. The van der Waals surface area contributed by atoms with Gasteiger partial charge in [-0.25, -0.2) is 14.8 Å². The van der Waals surface area contributed by atoms with Crippen molar-refractivity contribution < 1.29 is 9.53 Å². The van der Waals surface area contributed by atoms with Crippen LogP contribution in [-0.2, 0) is 0 Å². The summed E-state index contributed by atoms with van der Waals surface area (Å²) in [5.74, 6) is 1.68. The molecule has 2 heterocycles. The van der Waals surface area contributed by atoms with E-state index in [1.165, 1.54) is 0 Å². The topological polar surface area (TPSA) is 70.6 Å². The van der Waals surface area contributed by atoms with Crippen molar-refractivity contribution >= 4 is 11.8 Å². The molecule has 7 nitrogen and oxygen atoms in total. The van der Waals surface area contributed by atoms with Gasteiger partial charge in [0, 0.05) is 43.9 Å². The van der Waals surface area contributed by atoms with Crippen LogP contribution in [-0.4, -0.2) is 60.2 Å². The van der Waals surface area contributed by atoms with Crippen molar-refractivity contribution in [1.29, 1.82) is 0 Å². The minimum absolute atomic E-state index is 0.000549. The third-order valence-corrected chi connectivity index (χ3v) is 4.32. The van der Waals surface area contributed by atoms with Crippen LogP contribution in [0.25, 0.3) is 11.3 Å². The Kier molecular flexibility index (Phi) is 5.55. The van der Waals surface area contributed by atoms with Crippen LogP contribution in [0.1, 0.15) is 13.8 Å². The van der Waals surface area contributed by atoms with Crippen LogP contribution in [0.2, 0.25) is 0 Å². The van der Waals surface area contributed by atoms with E-state index >= 15 is 0 Å². The molecule has 0 atom stereocenters. The number of amides is 2. The van der Waals surface area contributed by atoms with Crippen LogP contribution < -0.4 is 15.0 Å². The Hall–Kier alpha value is -2.83. The van der Waals surface area contributed by atoms with Gasteiger partial charge in [-0.15, -0.1) is 0 Å². The van der Waals surface area contributed by atoms with E-state index in [9.17, 15) is 4.79 Å². The molecule has 0 radical (unpaired) electrons. The minimum Gasteiger partial charge on any atom is -0.497 e. The SMILES string of the molecule is COc1cccc(-c2cc(N3CCN(C(=O)NC(C)C)CC3)ncn2)c1. The van der Waals surface area contributed by atoms with Gasteiger partial charge in [-0.05, 0) is 26.0 Å². The van der Waals surface area contributed by atoms with Crippen LogP contribution in [0, 0.1) is 0 Å². The zero-order valence-corrected chi connectivity index (χ0v) is 15.5. The maximum Gasteiger partial charge on any atom is 0.317 e. The number of aromatic nitrogens is 2. The molecule has 1 aromatic carbocycles. The highest BCUT2D eigenvalue weighted by atomic mass is 16.5. The highest BCUT2D eigenvalue weighted by molar-refractivity contribution is 5.74. The van der Waals surface area contributed by atoms with Gasteiger partial charge in [0.05, 0.1) is 12.8 Å². The molecule has 0 bridgehead atoms. The number of urea groups is 1. The lowest BCUT2D eigenvalue weighted by Gasteiger charge is -2.35. The lowest BCUT2D eigenvalue weighted by Crippen LogP contribution is -2.53. The summed E-state index contributed by atoms with van der Waals surface area (Å²) >= 11 is 0. The molecule has 26 heavy (non-hydrogen) atoms. The highest BCUT2D eigenvalue weighted by Gasteiger charge is 2.22. The number of piperazine rings is 1. The number of hydrogen-bond acceptors (Lipinski definition) is 5. The molecule has 2 aromatic rings. The first-order valence-corrected chi connectivity index (χ1v) is 8.83. The van der Waals surface area contributed by atoms with Gasteiger partial charge in [0.2, 0.25) is 0 Å². The molecular formula is C19H25N5O2. The molecule has 0 saturated carbocycles. The quantitative estimate of drug-likeness (QED) is 0.912. The molecule has 1 saturated heterocycles. The van der Waals surface area contributed by atoms with Crippen LogP contribution in [0.3, 0.4) is 0 Å². The monoisotopic (exact) mass is 355 g/mol. The van der Waals surface area contributed by atoms with Crippen LogP contribution in [0.5, 0.6) is 5.75 Å². The lowest BCUT2D eigenvalue weighted by atomic mass is 10.1. The number of nitrogens with zero attached hydrogens (tertiary/aromatic N) is 4. The van der Waals surface area contributed by atoms with E-state index in [2.05, 4.69) is 20.2 Å². The van der Waals surface area contributed by atoms with Gasteiger partial charge < -0.3 is 19.9 Å². The van der Waals surface area contributed by atoms with E-state index in [0.29, 0.717) is 13.1 Å². The Morgan fingerprint density at radius 1 is 1.15 bits per heavy atom. The molecule has 1 aliphatic rings.